The van der Waals surface area contributed by atoms with Gasteiger partial charge in [-0.05, 0) is 30.0 Å². The lowest BCUT2D eigenvalue weighted by molar-refractivity contribution is 0.143. The number of aromatic nitrogens is 1. The Morgan fingerprint density at radius 1 is 1.19 bits per heavy atom. The number of nitrogens with one attached hydrogen (secondary N) is 2. The predicted molar refractivity (Wildman–Crippen MR) is 137 cm³/mol. The third-order valence-corrected chi connectivity index (χ3v) is 5.55. The Morgan fingerprint density at radius 3 is 2.74 bits per heavy atom. The minimum atomic E-state index is -0.601. The second-order valence-corrected chi connectivity index (χ2v) is 7.74. The fraction of sp³-hybridized carbons (Fsp3) is 0.364. The van der Waals surface area contributed by atoms with E-state index in [-0.39, 0.29) is 24.0 Å². The molecule has 7 nitrogen and oxygen atoms in total. The first kappa shape index (κ1) is 25.3. The van der Waals surface area contributed by atoms with Gasteiger partial charge in [0.1, 0.15) is 12.7 Å². The van der Waals surface area contributed by atoms with Crippen LogP contribution in [0, 0.1) is 0 Å². The molecular weight excluding hydrogens is 527 g/mol. The van der Waals surface area contributed by atoms with E-state index in [9.17, 15) is 5.11 Å². The van der Waals surface area contributed by atoms with Gasteiger partial charge in [-0.1, -0.05) is 24.3 Å². The summed E-state index contributed by atoms with van der Waals surface area (Å²) in [5.74, 6) is 1.22. The molecule has 0 aliphatic rings. The van der Waals surface area contributed by atoms with E-state index in [0.29, 0.717) is 38.1 Å². The number of fused-ring (bicyclic) bond motifs is 1. The first-order valence-corrected chi connectivity index (χ1v) is 10.8. The molecule has 0 saturated heterocycles. The van der Waals surface area contributed by atoms with Gasteiger partial charge in [-0.3, -0.25) is 0 Å². The number of hydrogen-bond acceptors (Lipinski definition) is 6. The van der Waals surface area contributed by atoms with Crippen LogP contribution in [0.1, 0.15) is 23.5 Å². The molecule has 2 aromatic heterocycles. The zero-order valence-electron chi connectivity index (χ0n) is 17.7. The van der Waals surface area contributed by atoms with Crippen LogP contribution < -0.4 is 15.4 Å². The molecule has 31 heavy (non-hydrogen) atoms. The van der Waals surface area contributed by atoms with Gasteiger partial charge in [-0.25, -0.2) is 9.98 Å². The Balaban J connectivity index is 0.00000341. The molecule has 3 rings (SSSR count). The minimum Gasteiger partial charge on any atom is -0.475 e. The van der Waals surface area contributed by atoms with Gasteiger partial charge in [0.25, 0.3) is 0 Å². The van der Waals surface area contributed by atoms with E-state index < -0.39 is 6.10 Å². The Kier molecular flexibility index (Phi) is 11.0. The summed E-state index contributed by atoms with van der Waals surface area (Å²) in [6.45, 7) is 4.59. The predicted octanol–water partition coefficient (Wildman–Crippen LogP) is 3.73. The Labute approximate surface area is 203 Å². The monoisotopic (exact) mass is 556 g/mol. The second-order valence-electron chi connectivity index (χ2n) is 6.62. The van der Waals surface area contributed by atoms with Crippen molar-refractivity contribution in [1.82, 2.24) is 15.6 Å². The summed E-state index contributed by atoms with van der Waals surface area (Å²) >= 11 is 1.61. The van der Waals surface area contributed by atoms with Crippen molar-refractivity contribution >= 4 is 51.4 Å². The van der Waals surface area contributed by atoms with Crippen molar-refractivity contribution in [3.8, 4) is 5.88 Å². The summed E-state index contributed by atoms with van der Waals surface area (Å²) in [5.41, 5.74) is 0.969. The number of aliphatic hydroxyl groups excluding tert-OH is 1. The van der Waals surface area contributed by atoms with Gasteiger partial charge in [-0.2, -0.15) is 0 Å². The standard InChI is InChI=1S/C22H28N4O3S.HI/c1-3-23-22(25-14-16-8-9-21(24-13-16)29-11-10-28-2)26-15-18(27)20-12-17-6-4-5-7-19(17)30-20;/h4-9,12-13,18,27H,3,10-11,14-15H2,1-2H3,(H2,23,25,26);1H. The van der Waals surface area contributed by atoms with Crippen molar-refractivity contribution in [2.24, 2.45) is 4.99 Å². The molecule has 3 N–H and O–H groups in total. The van der Waals surface area contributed by atoms with Crippen molar-refractivity contribution in [2.75, 3.05) is 33.4 Å². The number of halogens is 1. The van der Waals surface area contributed by atoms with E-state index in [4.69, 9.17) is 9.47 Å². The normalized spacial score (nSPS) is 12.3. The van der Waals surface area contributed by atoms with Crippen molar-refractivity contribution in [3.05, 3.63) is 59.1 Å². The van der Waals surface area contributed by atoms with E-state index in [1.165, 1.54) is 4.70 Å². The molecule has 0 aliphatic heterocycles. The highest BCUT2D eigenvalue weighted by Gasteiger charge is 2.12. The fourth-order valence-electron chi connectivity index (χ4n) is 2.79. The average molecular weight is 556 g/mol. The third kappa shape index (κ3) is 7.91. The van der Waals surface area contributed by atoms with Crippen LogP contribution >= 0.6 is 35.3 Å². The zero-order valence-corrected chi connectivity index (χ0v) is 20.9. The number of thiophene rings is 1. The summed E-state index contributed by atoms with van der Waals surface area (Å²) < 4.78 is 11.6. The van der Waals surface area contributed by atoms with E-state index in [1.807, 2.05) is 37.3 Å². The molecule has 0 radical (unpaired) electrons. The summed E-state index contributed by atoms with van der Waals surface area (Å²) in [6, 6.07) is 13.9. The average Bonchev–Trinajstić information content (AvgIpc) is 3.21. The van der Waals surface area contributed by atoms with Gasteiger partial charge in [0.2, 0.25) is 5.88 Å². The maximum atomic E-state index is 10.6. The molecule has 0 aliphatic carbocycles. The van der Waals surface area contributed by atoms with Crippen molar-refractivity contribution in [3.63, 3.8) is 0 Å². The van der Waals surface area contributed by atoms with Crippen LogP contribution in [-0.4, -0.2) is 49.5 Å². The van der Waals surface area contributed by atoms with Crippen LogP contribution in [0.4, 0.5) is 0 Å². The van der Waals surface area contributed by atoms with Crippen molar-refractivity contribution in [1.29, 1.82) is 0 Å². The quantitative estimate of drug-likeness (QED) is 0.153. The first-order chi connectivity index (χ1) is 14.7. The molecule has 0 bridgehead atoms. The molecule has 1 atom stereocenters. The number of rotatable bonds is 10. The lowest BCUT2D eigenvalue weighted by Crippen LogP contribution is -2.39. The van der Waals surface area contributed by atoms with E-state index in [0.717, 1.165) is 22.4 Å². The van der Waals surface area contributed by atoms with Gasteiger partial charge >= 0.3 is 0 Å². The van der Waals surface area contributed by atoms with Gasteiger partial charge in [0, 0.05) is 42.0 Å². The molecule has 0 saturated carbocycles. The summed E-state index contributed by atoms with van der Waals surface area (Å²) in [5, 5.41) is 18.1. The molecule has 0 spiro atoms. The molecule has 9 heteroatoms. The van der Waals surface area contributed by atoms with E-state index >= 15 is 0 Å². The zero-order chi connectivity index (χ0) is 21.2. The van der Waals surface area contributed by atoms with Gasteiger partial charge in [0.05, 0.1) is 13.2 Å². The van der Waals surface area contributed by atoms with E-state index in [2.05, 4.69) is 32.7 Å². The van der Waals surface area contributed by atoms with Crippen LogP contribution in [0.2, 0.25) is 0 Å². The maximum Gasteiger partial charge on any atom is 0.213 e. The number of benzene rings is 1. The Hall–Kier alpha value is -1.95. The molecule has 0 amide bonds. The van der Waals surface area contributed by atoms with Gasteiger partial charge in [-0.15, -0.1) is 35.3 Å². The van der Waals surface area contributed by atoms with Crippen molar-refractivity contribution in [2.45, 2.75) is 19.6 Å². The van der Waals surface area contributed by atoms with Crippen LogP contribution in [0.5, 0.6) is 5.88 Å². The number of hydrogen-bond donors (Lipinski definition) is 3. The van der Waals surface area contributed by atoms with Crippen LogP contribution in [0.25, 0.3) is 10.1 Å². The number of methoxy groups -OCH3 is 1. The van der Waals surface area contributed by atoms with E-state index in [1.54, 1.807) is 24.6 Å². The summed E-state index contributed by atoms with van der Waals surface area (Å²) in [4.78, 5) is 9.80. The first-order valence-electron chi connectivity index (χ1n) is 9.95. The SMILES string of the molecule is CCNC(=NCc1ccc(OCCOC)nc1)NCC(O)c1cc2ccccc2s1.I. The highest BCUT2D eigenvalue weighted by molar-refractivity contribution is 14.0. The van der Waals surface area contributed by atoms with Crippen molar-refractivity contribution < 1.29 is 14.6 Å². The summed E-state index contributed by atoms with van der Waals surface area (Å²) in [6.07, 6.45) is 1.15. The molecule has 1 aromatic carbocycles. The Morgan fingerprint density at radius 2 is 2.03 bits per heavy atom. The van der Waals surface area contributed by atoms with Crippen LogP contribution in [0.15, 0.2) is 53.7 Å². The molecule has 168 valence electrons. The van der Waals surface area contributed by atoms with Gasteiger partial charge in [0.15, 0.2) is 5.96 Å². The third-order valence-electron chi connectivity index (χ3n) is 4.33. The number of aliphatic hydroxyl groups is 1. The number of pyridine rings is 1. The molecule has 0 fully saturated rings. The molecular formula is C22H29IN4O3S. The topological polar surface area (TPSA) is 88.0 Å². The summed E-state index contributed by atoms with van der Waals surface area (Å²) in [7, 11) is 1.63. The minimum absolute atomic E-state index is 0. The highest BCUT2D eigenvalue weighted by atomic mass is 127. The number of nitrogens with zero attached hydrogens (tertiary/aromatic N) is 2. The smallest absolute Gasteiger partial charge is 0.213 e. The number of aliphatic imine (C=N–C) groups is 1. The molecule has 2 heterocycles. The molecule has 1 unspecified atom stereocenters. The number of ether oxygens (including phenoxy) is 2. The lowest BCUT2D eigenvalue weighted by atomic mass is 10.2. The lowest BCUT2D eigenvalue weighted by Gasteiger charge is -2.14. The maximum absolute atomic E-state index is 10.6. The van der Waals surface area contributed by atoms with Crippen LogP contribution in [-0.2, 0) is 11.3 Å². The highest BCUT2D eigenvalue weighted by Crippen LogP contribution is 2.29. The van der Waals surface area contributed by atoms with Gasteiger partial charge < -0.3 is 25.2 Å². The number of guanidine groups is 1. The van der Waals surface area contributed by atoms with Crippen LogP contribution in [0.3, 0.4) is 0 Å². The fourth-order valence-corrected chi connectivity index (χ4v) is 3.84. The largest absolute Gasteiger partial charge is 0.475 e. The molecule has 3 aromatic rings. The second kappa shape index (κ2) is 13.5. The Bertz CT molecular complexity index is 916.